The van der Waals surface area contributed by atoms with Crippen LogP contribution in [0.5, 0.6) is 11.6 Å². The summed E-state index contributed by atoms with van der Waals surface area (Å²) in [5, 5.41) is 29.2. The Labute approximate surface area is 95.7 Å². The highest BCUT2D eigenvalue weighted by Gasteiger charge is 2.16. The third-order valence-electron chi connectivity index (χ3n) is 2.29. The predicted molar refractivity (Wildman–Crippen MR) is 58.6 cm³/mol. The van der Waals surface area contributed by atoms with Crippen LogP contribution in [0.15, 0.2) is 24.4 Å². The van der Waals surface area contributed by atoms with E-state index in [1.165, 1.54) is 29.0 Å². The van der Waals surface area contributed by atoms with Crippen molar-refractivity contribution < 1.29 is 15.1 Å². The average Bonchev–Trinajstić information content (AvgIpc) is 2.58. The Kier molecular flexibility index (Phi) is 2.43. The second-order valence-corrected chi connectivity index (χ2v) is 3.49. The number of imidazole rings is 1. The van der Waals surface area contributed by atoms with Crippen molar-refractivity contribution in [2.75, 3.05) is 0 Å². The van der Waals surface area contributed by atoms with Gasteiger partial charge in [-0.1, -0.05) is 0 Å². The lowest BCUT2D eigenvalue weighted by Gasteiger charge is -2.02. The summed E-state index contributed by atoms with van der Waals surface area (Å²) in [6.07, 6.45) is 1.38. The largest absolute Gasteiger partial charge is 0.502 e. The van der Waals surface area contributed by atoms with Gasteiger partial charge in [0, 0.05) is 18.7 Å². The van der Waals surface area contributed by atoms with Gasteiger partial charge < -0.3 is 14.8 Å². The summed E-state index contributed by atoms with van der Waals surface area (Å²) in [6.45, 7) is 0. The Hall–Kier alpha value is -2.57. The summed E-state index contributed by atoms with van der Waals surface area (Å²) in [7, 11) is 1.65. The van der Waals surface area contributed by atoms with Gasteiger partial charge in [-0.05, 0) is 12.1 Å². The molecule has 1 heterocycles. The average molecular weight is 235 g/mol. The van der Waals surface area contributed by atoms with Gasteiger partial charge in [0.25, 0.3) is 0 Å². The van der Waals surface area contributed by atoms with E-state index in [1.54, 1.807) is 7.05 Å². The standard InChI is InChI=1S/C10H9N3O4/c1-12-5-9(15)11-10(12)6-2-3-8(14)7(4-6)13(16)17/h2-5,14-15H,1H3. The molecule has 0 unspecified atom stereocenters. The van der Waals surface area contributed by atoms with Crippen LogP contribution in [-0.4, -0.2) is 24.7 Å². The molecule has 2 aromatic rings. The number of benzene rings is 1. The number of hydrogen-bond donors (Lipinski definition) is 2. The van der Waals surface area contributed by atoms with Gasteiger partial charge in [-0.15, -0.1) is 0 Å². The number of aromatic hydroxyl groups is 2. The van der Waals surface area contributed by atoms with Crippen molar-refractivity contribution in [3.63, 3.8) is 0 Å². The minimum atomic E-state index is -0.679. The SMILES string of the molecule is Cn1cc(O)nc1-c1ccc(O)c([N+](=O)[O-])c1. The third-order valence-corrected chi connectivity index (χ3v) is 2.29. The highest BCUT2D eigenvalue weighted by atomic mass is 16.6. The van der Waals surface area contributed by atoms with E-state index in [4.69, 9.17) is 0 Å². The number of nitro groups is 1. The van der Waals surface area contributed by atoms with Gasteiger partial charge in [0.15, 0.2) is 5.75 Å². The molecule has 0 atom stereocenters. The van der Waals surface area contributed by atoms with Crippen molar-refractivity contribution >= 4 is 5.69 Å². The molecule has 0 radical (unpaired) electrons. The lowest BCUT2D eigenvalue weighted by Crippen LogP contribution is -1.93. The van der Waals surface area contributed by atoms with Crippen molar-refractivity contribution in [3.8, 4) is 23.0 Å². The van der Waals surface area contributed by atoms with Crippen LogP contribution in [0.25, 0.3) is 11.4 Å². The highest BCUT2D eigenvalue weighted by molar-refractivity contribution is 5.64. The zero-order chi connectivity index (χ0) is 12.6. The summed E-state index contributed by atoms with van der Waals surface area (Å²) in [5.41, 5.74) is 0.0438. The minimum absolute atomic E-state index is 0.168. The van der Waals surface area contributed by atoms with E-state index in [0.29, 0.717) is 11.4 Å². The summed E-state index contributed by atoms with van der Waals surface area (Å²) in [4.78, 5) is 13.8. The lowest BCUT2D eigenvalue weighted by atomic mass is 10.2. The maximum absolute atomic E-state index is 10.7. The quantitative estimate of drug-likeness (QED) is 0.605. The molecule has 1 aromatic heterocycles. The molecule has 7 heteroatoms. The van der Waals surface area contributed by atoms with E-state index >= 15 is 0 Å². The Morgan fingerprint density at radius 1 is 1.41 bits per heavy atom. The molecule has 2 rings (SSSR count). The van der Waals surface area contributed by atoms with Crippen LogP contribution in [-0.2, 0) is 7.05 Å². The van der Waals surface area contributed by atoms with E-state index in [9.17, 15) is 20.3 Å². The molecule has 0 bridgehead atoms. The third kappa shape index (κ3) is 1.89. The van der Waals surface area contributed by atoms with Gasteiger partial charge in [0.1, 0.15) is 5.82 Å². The van der Waals surface area contributed by atoms with Gasteiger partial charge in [0.05, 0.1) is 11.1 Å². The molecule has 0 fully saturated rings. The smallest absolute Gasteiger partial charge is 0.311 e. The fourth-order valence-corrected chi connectivity index (χ4v) is 1.53. The summed E-state index contributed by atoms with van der Waals surface area (Å²) in [6, 6.07) is 3.92. The number of phenols is 1. The van der Waals surface area contributed by atoms with Gasteiger partial charge in [-0.25, -0.2) is 0 Å². The summed E-state index contributed by atoms with van der Waals surface area (Å²) < 4.78 is 1.53. The molecule has 0 aliphatic carbocycles. The fraction of sp³-hybridized carbons (Fsp3) is 0.100. The Morgan fingerprint density at radius 3 is 2.65 bits per heavy atom. The predicted octanol–water partition coefficient (Wildman–Crippen LogP) is 1.41. The number of nitro benzene ring substituents is 1. The van der Waals surface area contributed by atoms with E-state index in [2.05, 4.69) is 4.98 Å². The topological polar surface area (TPSA) is 101 Å². The van der Waals surface area contributed by atoms with E-state index < -0.39 is 16.4 Å². The van der Waals surface area contributed by atoms with Crippen LogP contribution in [0.2, 0.25) is 0 Å². The summed E-state index contributed by atoms with van der Waals surface area (Å²) >= 11 is 0. The van der Waals surface area contributed by atoms with Crippen molar-refractivity contribution in [2.45, 2.75) is 0 Å². The number of rotatable bonds is 2. The molecule has 0 spiro atoms. The van der Waals surface area contributed by atoms with E-state index in [1.807, 2.05) is 0 Å². The monoisotopic (exact) mass is 235 g/mol. The number of aromatic nitrogens is 2. The minimum Gasteiger partial charge on any atom is -0.502 e. The zero-order valence-electron chi connectivity index (χ0n) is 8.86. The van der Waals surface area contributed by atoms with Gasteiger partial charge in [-0.3, -0.25) is 10.1 Å². The molecule has 88 valence electrons. The second-order valence-electron chi connectivity index (χ2n) is 3.49. The van der Waals surface area contributed by atoms with Crippen LogP contribution >= 0.6 is 0 Å². The first-order chi connectivity index (χ1) is 7.99. The second kappa shape index (κ2) is 3.78. The first-order valence-corrected chi connectivity index (χ1v) is 4.69. The Morgan fingerprint density at radius 2 is 2.12 bits per heavy atom. The first-order valence-electron chi connectivity index (χ1n) is 4.69. The molecular formula is C10H9N3O4. The number of nitrogens with zero attached hydrogens (tertiary/aromatic N) is 3. The highest BCUT2D eigenvalue weighted by Crippen LogP contribution is 2.31. The molecule has 0 aliphatic heterocycles. The molecule has 1 aromatic carbocycles. The fourth-order valence-electron chi connectivity index (χ4n) is 1.53. The lowest BCUT2D eigenvalue weighted by molar-refractivity contribution is -0.385. The normalized spacial score (nSPS) is 10.4. The molecule has 0 aliphatic rings. The molecule has 17 heavy (non-hydrogen) atoms. The summed E-state index contributed by atoms with van der Waals surface area (Å²) in [5.74, 6) is -0.194. The Balaban J connectivity index is 2.57. The first kappa shape index (κ1) is 10.9. The van der Waals surface area contributed by atoms with Crippen LogP contribution < -0.4 is 0 Å². The molecule has 2 N–H and O–H groups in total. The molecule has 0 saturated carbocycles. The van der Waals surface area contributed by atoms with Crippen LogP contribution in [0.1, 0.15) is 0 Å². The van der Waals surface area contributed by atoms with Crippen molar-refractivity contribution in [3.05, 3.63) is 34.5 Å². The van der Waals surface area contributed by atoms with Gasteiger partial charge in [0.2, 0.25) is 5.88 Å². The van der Waals surface area contributed by atoms with E-state index in [-0.39, 0.29) is 5.88 Å². The number of phenolic OH excluding ortho intramolecular Hbond substituents is 1. The molecular weight excluding hydrogens is 226 g/mol. The zero-order valence-corrected chi connectivity index (χ0v) is 8.86. The van der Waals surface area contributed by atoms with Gasteiger partial charge in [-0.2, -0.15) is 4.98 Å². The Bertz CT molecular complexity index is 591. The maximum atomic E-state index is 10.7. The maximum Gasteiger partial charge on any atom is 0.311 e. The molecule has 0 saturated heterocycles. The van der Waals surface area contributed by atoms with Crippen LogP contribution in [0.3, 0.4) is 0 Å². The van der Waals surface area contributed by atoms with Crippen molar-refractivity contribution in [2.24, 2.45) is 7.05 Å². The van der Waals surface area contributed by atoms with Crippen LogP contribution in [0, 0.1) is 10.1 Å². The van der Waals surface area contributed by atoms with E-state index in [0.717, 1.165) is 0 Å². The molecule has 0 amide bonds. The van der Waals surface area contributed by atoms with Gasteiger partial charge >= 0.3 is 5.69 Å². The van der Waals surface area contributed by atoms with Crippen LogP contribution in [0.4, 0.5) is 5.69 Å². The molecule has 7 nitrogen and oxygen atoms in total. The van der Waals surface area contributed by atoms with Crippen molar-refractivity contribution in [1.82, 2.24) is 9.55 Å². The number of aryl methyl sites for hydroxylation is 1. The number of hydrogen-bond acceptors (Lipinski definition) is 5. The van der Waals surface area contributed by atoms with Crippen molar-refractivity contribution in [1.29, 1.82) is 0 Å².